The summed E-state index contributed by atoms with van der Waals surface area (Å²) in [5.41, 5.74) is 7.72. The predicted octanol–water partition coefficient (Wildman–Crippen LogP) is 2.64. The van der Waals surface area contributed by atoms with Crippen LogP contribution in [0.4, 0.5) is 5.69 Å². The van der Waals surface area contributed by atoms with E-state index in [1.165, 1.54) is 0 Å². The molecule has 6 heteroatoms. The second-order valence-corrected chi connectivity index (χ2v) is 4.74. The van der Waals surface area contributed by atoms with Crippen LogP contribution in [0.5, 0.6) is 17.2 Å². The topological polar surface area (TPSA) is 78.1 Å². The molecular formula is C17H21N3O3. The first-order chi connectivity index (χ1) is 11.2. The van der Waals surface area contributed by atoms with E-state index < -0.39 is 0 Å². The van der Waals surface area contributed by atoms with Crippen molar-refractivity contribution in [3.05, 3.63) is 48.0 Å². The van der Waals surface area contributed by atoms with E-state index in [-0.39, 0.29) is 0 Å². The minimum absolute atomic E-state index is 0.338. The van der Waals surface area contributed by atoms with E-state index in [1.807, 2.05) is 42.5 Å². The fourth-order valence-electron chi connectivity index (χ4n) is 2.02. The van der Waals surface area contributed by atoms with Gasteiger partial charge in [0.25, 0.3) is 0 Å². The SMILES string of the molecule is COc1ccc(NC(N)=NCc2ccc(OC)c(OC)c2)cc1. The number of ether oxygens (including phenoxy) is 3. The molecule has 0 bridgehead atoms. The molecule has 0 radical (unpaired) electrons. The van der Waals surface area contributed by atoms with Crippen molar-refractivity contribution < 1.29 is 14.2 Å². The highest BCUT2D eigenvalue weighted by Crippen LogP contribution is 2.27. The number of nitrogens with zero attached hydrogens (tertiary/aromatic N) is 1. The van der Waals surface area contributed by atoms with Crippen molar-refractivity contribution in [3.8, 4) is 17.2 Å². The number of nitrogens with one attached hydrogen (secondary N) is 1. The zero-order chi connectivity index (χ0) is 16.7. The summed E-state index contributed by atoms with van der Waals surface area (Å²) in [6.45, 7) is 0.440. The number of hydrogen-bond donors (Lipinski definition) is 2. The average molecular weight is 315 g/mol. The minimum atomic E-state index is 0.338. The second kappa shape index (κ2) is 7.93. The summed E-state index contributed by atoms with van der Waals surface area (Å²) in [5.74, 6) is 2.48. The van der Waals surface area contributed by atoms with Gasteiger partial charge in [-0.1, -0.05) is 6.07 Å². The van der Waals surface area contributed by atoms with Gasteiger partial charge in [-0.15, -0.1) is 0 Å². The van der Waals surface area contributed by atoms with Gasteiger partial charge < -0.3 is 25.3 Å². The van der Waals surface area contributed by atoms with E-state index in [1.54, 1.807) is 21.3 Å². The molecule has 23 heavy (non-hydrogen) atoms. The number of anilines is 1. The Kier molecular flexibility index (Phi) is 5.68. The van der Waals surface area contributed by atoms with Gasteiger partial charge in [0.15, 0.2) is 17.5 Å². The molecule has 0 aromatic heterocycles. The molecule has 0 saturated heterocycles. The lowest BCUT2D eigenvalue weighted by atomic mass is 10.2. The molecular weight excluding hydrogens is 294 g/mol. The molecule has 0 aliphatic heterocycles. The van der Waals surface area contributed by atoms with Crippen LogP contribution in [-0.2, 0) is 6.54 Å². The molecule has 0 fully saturated rings. The lowest BCUT2D eigenvalue weighted by Gasteiger charge is -2.09. The largest absolute Gasteiger partial charge is 0.497 e. The molecule has 0 spiro atoms. The molecule has 6 nitrogen and oxygen atoms in total. The monoisotopic (exact) mass is 315 g/mol. The Hall–Kier alpha value is -2.89. The molecule has 2 aromatic rings. The summed E-state index contributed by atoms with van der Waals surface area (Å²) in [6, 6.07) is 13.1. The van der Waals surface area contributed by atoms with Crippen LogP contribution < -0.4 is 25.3 Å². The Morgan fingerprint density at radius 1 is 0.957 bits per heavy atom. The molecule has 0 aliphatic carbocycles. The van der Waals surface area contributed by atoms with Crippen LogP contribution in [0.3, 0.4) is 0 Å². The van der Waals surface area contributed by atoms with E-state index in [9.17, 15) is 0 Å². The van der Waals surface area contributed by atoms with Crippen molar-refractivity contribution in [1.29, 1.82) is 0 Å². The van der Waals surface area contributed by atoms with E-state index in [2.05, 4.69) is 10.3 Å². The summed E-state index contributed by atoms with van der Waals surface area (Å²) >= 11 is 0. The maximum Gasteiger partial charge on any atom is 0.193 e. The van der Waals surface area contributed by atoms with Gasteiger partial charge in [0, 0.05) is 5.69 Å². The number of aliphatic imine (C=N–C) groups is 1. The number of benzene rings is 2. The first-order valence-corrected chi connectivity index (χ1v) is 7.08. The highest BCUT2D eigenvalue weighted by molar-refractivity contribution is 5.92. The van der Waals surface area contributed by atoms with Crippen molar-refractivity contribution in [2.75, 3.05) is 26.6 Å². The van der Waals surface area contributed by atoms with Gasteiger partial charge in [0.1, 0.15) is 5.75 Å². The summed E-state index contributed by atoms with van der Waals surface area (Å²) in [6.07, 6.45) is 0. The Bertz CT molecular complexity index is 669. The Morgan fingerprint density at radius 3 is 2.26 bits per heavy atom. The molecule has 3 N–H and O–H groups in total. The van der Waals surface area contributed by atoms with Gasteiger partial charge in [0.2, 0.25) is 0 Å². The Labute approximate surface area is 135 Å². The molecule has 0 aliphatic rings. The van der Waals surface area contributed by atoms with Crippen molar-refractivity contribution in [1.82, 2.24) is 0 Å². The van der Waals surface area contributed by atoms with Gasteiger partial charge in [-0.2, -0.15) is 0 Å². The summed E-state index contributed by atoms with van der Waals surface area (Å²) in [7, 11) is 4.83. The van der Waals surface area contributed by atoms with Gasteiger partial charge in [-0.25, -0.2) is 4.99 Å². The quantitative estimate of drug-likeness (QED) is 0.633. The van der Waals surface area contributed by atoms with E-state index in [0.29, 0.717) is 24.0 Å². The normalized spacial score (nSPS) is 11.0. The van der Waals surface area contributed by atoms with Crippen LogP contribution in [-0.4, -0.2) is 27.3 Å². The number of rotatable bonds is 6. The molecule has 0 amide bonds. The fourth-order valence-corrected chi connectivity index (χ4v) is 2.02. The van der Waals surface area contributed by atoms with E-state index in [4.69, 9.17) is 19.9 Å². The minimum Gasteiger partial charge on any atom is -0.497 e. The van der Waals surface area contributed by atoms with E-state index in [0.717, 1.165) is 17.0 Å². The third-order valence-corrected chi connectivity index (χ3v) is 3.24. The molecule has 2 rings (SSSR count). The molecule has 0 atom stereocenters. The molecule has 0 unspecified atom stereocenters. The lowest BCUT2D eigenvalue weighted by molar-refractivity contribution is 0.354. The van der Waals surface area contributed by atoms with Crippen LogP contribution in [0, 0.1) is 0 Å². The fraction of sp³-hybridized carbons (Fsp3) is 0.235. The molecule has 0 saturated carbocycles. The van der Waals surface area contributed by atoms with Crippen molar-refractivity contribution in [3.63, 3.8) is 0 Å². The summed E-state index contributed by atoms with van der Waals surface area (Å²) < 4.78 is 15.6. The maximum atomic E-state index is 5.90. The average Bonchev–Trinajstić information content (AvgIpc) is 2.60. The summed E-state index contributed by atoms with van der Waals surface area (Å²) in [4.78, 5) is 4.32. The van der Waals surface area contributed by atoms with Gasteiger partial charge >= 0.3 is 0 Å². The maximum absolute atomic E-state index is 5.90. The lowest BCUT2D eigenvalue weighted by Crippen LogP contribution is -2.22. The zero-order valence-corrected chi connectivity index (χ0v) is 13.5. The third-order valence-electron chi connectivity index (χ3n) is 3.24. The first-order valence-electron chi connectivity index (χ1n) is 7.08. The van der Waals surface area contributed by atoms with Crippen LogP contribution in [0.15, 0.2) is 47.5 Å². The third kappa shape index (κ3) is 4.54. The zero-order valence-electron chi connectivity index (χ0n) is 13.5. The Balaban J connectivity index is 2.01. The van der Waals surface area contributed by atoms with Crippen molar-refractivity contribution in [2.45, 2.75) is 6.54 Å². The number of methoxy groups -OCH3 is 3. The van der Waals surface area contributed by atoms with Crippen LogP contribution >= 0.6 is 0 Å². The second-order valence-electron chi connectivity index (χ2n) is 4.74. The number of hydrogen-bond acceptors (Lipinski definition) is 4. The molecule has 2 aromatic carbocycles. The standard InChI is InChI=1S/C17H21N3O3/c1-21-14-7-5-13(6-8-14)20-17(18)19-11-12-4-9-15(22-2)16(10-12)23-3/h4-10H,11H2,1-3H3,(H3,18,19,20). The molecule has 122 valence electrons. The number of nitrogens with two attached hydrogens (primary N) is 1. The summed E-state index contributed by atoms with van der Waals surface area (Å²) in [5, 5.41) is 3.03. The Morgan fingerprint density at radius 2 is 1.65 bits per heavy atom. The van der Waals surface area contributed by atoms with Gasteiger partial charge in [-0.05, 0) is 42.0 Å². The van der Waals surface area contributed by atoms with Crippen molar-refractivity contribution in [2.24, 2.45) is 10.7 Å². The van der Waals surface area contributed by atoms with Crippen LogP contribution in [0.1, 0.15) is 5.56 Å². The van der Waals surface area contributed by atoms with Gasteiger partial charge in [0.05, 0.1) is 27.9 Å². The van der Waals surface area contributed by atoms with Crippen molar-refractivity contribution >= 4 is 11.6 Å². The smallest absolute Gasteiger partial charge is 0.193 e. The highest BCUT2D eigenvalue weighted by atomic mass is 16.5. The first kappa shape index (κ1) is 16.5. The van der Waals surface area contributed by atoms with Crippen LogP contribution in [0.2, 0.25) is 0 Å². The predicted molar refractivity (Wildman–Crippen MR) is 91.5 cm³/mol. The molecule has 0 heterocycles. The van der Waals surface area contributed by atoms with Crippen LogP contribution in [0.25, 0.3) is 0 Å². The van der Waals surface area contributed by atoms with Gasteiger partial charge in [-0.3, -0.25) is 0 Å². The van der Waals surface area contributed by atoms with E-state index >= 15 is 0 Å². The number of guanidine groups is 1. The highest BCUT2D eigenvalue weighted by Gasteiger charge is 2.04.